The number of ether oxygens (including phenoxy) is 2. The van der Waals surface area contributed by atoms with Crippen LogP contribution in [0.4, 0.5) is 0 Å². The molecule has 1 aliphatic carbocycles. The predicted molar refractivity (Wildman–Crippen MR) is 100 cm³/mol. The summed E-state index contributed by atoms with van der Waals surface area (Å²) in [5.74, 6) is 1.63. The number of hydrogen-bond acceptors (Lipinski definition) is 6. The molecule has 2 aliphatic heterocycles. The maximum absolute atomic E-state index is 12.3. The molecule has 1 aromatic rings. The monoisotopic (exact) mass is 376 g/mol. The molecule has 1 atom stereocenters. The third-order valence-electron chi connectivity index (χ3n) is 6.51. The van der Waals surface area contributed by atoms with Gasteiger partial charge in [0.25, 0.3) is 0 Å². The zero-order valence-corrected chi connectivity index (χ0v) is 16.7. The van der Waals surface area contributed by atoms with Crippen LogP contribution in [0, 0.1) is 0 Å². The summed E-state index contributed by atoms with van der Waals surface area (Å²) in [7, 11) is 2.17. The SMILES string of the molecule is CCOCc1nc(C2CC(=O)OC23CCCCC3)n(C2CCN(C)CC2)n1. The number of aromatic nitrogens is 3. The number of hydrogen-bond donors (Lipinski definition) is 0. The van der Waals surface area contributed by atoms with E-state index in [0.29, 0.717) is 25.7 Å². The molecule has 1 saturated carbocycles. The topological polar surface area (TPSA) is 69.5 Å². The molecule has 4 rings (SSSR count). The Bertz CT molecular complexity index is 660. The third-order valence-corrected chi connectivity index (χ3v) is 6.51. The van der Waals surface area contributed by atoms with Crippen molar-refractivity contribution in [3.63, 3.8) is 0 Å². The van der Waals surface area contributed by atoms with E-state index in [4.69, 9.17) is 19.6 Å². The van der Waals surface area contributed by atoms with Gasteiger partial charge >= 0.3 is 5.97 Å². The van der Waals surface area contributed by atoms with Gasteiger partial charge in [0.15, 0.2) is 5.82 Å². The minimum Gasteiger partial charge on any atom is -0.458 e. The second-order valence-electron chi connectivity index (χ2n) is 8.36. The molecule has 1 aromatic heterocycles. The highest BCUT2D eigenvalue weighted by Crippen LogP contribution is 2.49. The van der Waals surface area contributed by atoms with Crippen molar-refractivity contribution in [2.24, 2.45) is 0 Å². The molecule has 2 saturated heterocycles. The van der Waals surface area contributed by atoms with Crippen molar-refractivity contribution in [3.05, 3.63) is 11.6 Å². The van der Waals surface area contributed by atoms with Gasteiger partial charge in [0, 0.05) is 6.61 Å². The van der Waals surface area contributed by atoms with E-state index in [1.165, 1.54) is 6.42 Å². The number of nitrogens with zero attached hydrogens (tertiary/aromatic N) is 4. The molecular weight excluding hydrogens is 344 g/mol. The molecule has 27 heavy (non-hydrogen) atoms. The van der Waals surface area contributed by atoms with E-state index < -0.39 is 0 Å². The molecule has 3 heterocycles. The van der Waals surface area contributed by atoms with Gasteiger partial charge in [-0.15, -0.1) is 0 Å². The van der Waals surface area contributed by atoms with Crippen molar-refractivity contribution in [1.82, 2.24) is 19.7 Å². The molecule has 0 N–H and O–H groups in total. The Balaban J connectivity index is 1.67. The van der Waals surface area contributed by atoms with E-state index in [1.807, 2.05) is 6.92 Å². The second kappa shape index (κ2) is 7.87. The predicted octanol–water partition coefficient (Wildman–Crippen LogP) is 2.81. The summed E-state index contributed by atoms with van der Waals surface area (Å²) in [6.07, 6.45) is 7.93. The van der Waals surface area contributed by atoms with Crippen LogP contribution in [0.5, 0.6) is 0 Å². The largest absolute Gasteiger partial charge is 0.458 e. The van der Waals surface area contributed by atoms with Crippen LogP contribution in [-0.2, 0) is 20.9 Å². The van der Waals surface area contributed by atoms with Crippen molar-refractivity contribution in [3.8, 4) is 0 Å². The first-order valence-electron chi connectivity index (χ1n) is 10.5. The molecule has 7 heteroatoms. The number of likely N-dealkylation sites (tertiary alicyclic amines) is 1. The normalized spacial score (nSPS) is 26.6. The lowest BCUT2D eigenvalue weighted by atomic mass is 9.75. The highest BCUT2D eigenvalue weighted by atomic mass is 16.6. The van der Waals surface area contributed by atoms with Gasteiger partial charge < -0.3 is 14.4 Å². The zero-order valence-electron chi connectivity index (χ0n) is 16.7. The van der Waals surface area contributed by atoms with Crippen LogP contribution in [0.15, 0.2) is 0 Å². The van der Waals surface area contributed by atoms with E-state index in [0.717, 1.165) is 63.3 Å². The Labute approximate surface area is 161 Å². The van der Waals surface area contributed by atoms with Gasteiger partial charge in [-0.2, -0.15) is 5.10 Å². The van der Waals surface area contributed by atoms with E-state index in [-0.39, 0.29) is 17.5 Å². The van der Waals surface area contributed by atoms with Crippen molar-refractivity contribution in [2.75, 3.05) is 26.7 Å². The molecule has 150 valence electrons. The highest BCUT2D eigenvalue weighted by molar-refractivity contribution is 5.74. The molecule has 1 spiro atoms. The van der Waals surface area contributed by atoms with E-state index in [2.05, 4.69) is 16.6 Å². The van der Waals surface area contributed by atoms with Gasteiger partial charge in [-0.1, -0.05) is 6.42 Å². The third kappa shape index (κ3) is 3.76. The average molecular weight is 377 g/mol. The lowest BCUT2D eigenvalue weighted by Gasteiger charge is -2.37. The van der Waals surface area contributed by atoms with Crippen molar-refractivity contribution < 1.29 is 14.3 Å². The summed E-state index contributed by atoms with van der Waals surface area (Å²) in [6.45, 7) is 5.19. The minimum atomic E-state index is -0.367. The van der Waals surface area contributed by atoms with Crippen LogP contribution in [0.1, 0.15) is 81.9 Å². The quantitative estimate of drug-likeness (QED) is 0.736. The van der Waals surface area contributed by atoms with Gasteiger partial charge in [0.1, 0.15) is 18.0 Å². The van der Waals surface area contributed by atoms with E-state index in [9.17, 15) is 4.79 Å². The number of piperidine rings is 1. The molecular formula is C20H32N4O3. The van der Waals surface area contributed by atoms with E-state index >= 15 is 0 Å². The Hall–Kier alpha value is -1.47. The van der Waals surface area contributed by atoms with Crippen LogP contribution in [0.3, 0.4) is 0 Å². The first-order chi connectivity index (χ1) is 13.1. The molecule has 7 nitrogen and oxygen atoms in total. The fourth-order valence-corrected chi connectivity index (χ4v) is 5.00. The lowest BCUT2D eigenvalue weighted by Crippen LogP contribution is -2.39. The summed E-state index contributed by atoms with van der Waals surface area (Å²) < 4.78 is 13.6. The summed E-state index contributed by atoms with van der Waals surface area (Å²) in [4.78, 5) is 19.5. The fraction of sp³-hybridized carbons (Fsp3) is 0.850. The summed E-state index contributed by atoms with van der Waals surface area (Å²) in [5.41, 5.74) is -0.367. The van der Waals surface area contributed by atoms with Crippen LogP contribution < -0.4 is 0 Å². The molecule has 0 amide bonds. The maximum atomic E-state index is 12.3. The molecule has 3 fully saturated rings. The standard InChI is InChI=1S/C20H32N4O3/c1-3-26-14-17-21-19(24(22-17)15-7-11-23(2)12-8-15)16-13-18(25)27-20(16)9-5-4-6-10-20/h15-16H,3-14H2,1-2H3. The zero-order chi connectivity index (χ0) is 18.9. The molecule has 1 unspecified atom stereocenters. The van der Waals surface area contributed by atoms with Crippen LogP contribution in [0.2, 0.25) is 0 Å². The number of carbonyl (C=O) groups is 1. The van der Waals surface area contributed by atoms with Crippen molar-refractivity contribution in [1.29, 1.82) is 0 Å². The summed E-state index contributed by atoms with van der Waals surface area (Å²) in [5, 5.41) is 4.84. The summed E-state index contributed by atoms with van der Waals surface area (Å²) >= 11 is 0. The van der Waals surface area contributed by atoms with Crippen LogP contribution in [0.25, 0.3) is 0 Å². The molecule has 3 aliphatic rings. The lowest BCUT2D eigenvalue weighted by molar-refractivity contribution is -0.151. The average Bonchev–Trinajstić information content (AvgIpc) is 3.22. The Morgan fingerprint density at radius 2 is 1.96 bits per heavy atom. The molecule has 0 bridgehead atoms. The van der Waals surface area contributed by atoms with Gasteiger partial charge in [0.05, 0.1) is 18.4 Å². The first kappa shape index (κ1) is 18.9. The van der Waals surface area contributed by atoms with Gasteiger partial charge in [-0.05, 0) is 65.6 Å². The van der Waals surface area contributed by atoms with Crippen LogP contribution >= 0.6 is 0 Å². The number of carbonyl (C=O) groups excluding carboxylic acids is 1. The van der Waals surface area contributed by atoms with E-state index in [1.54, 1.807) is 0 Å². The first-order valence-corrected chi connectivity index (χ1v) is 10.5. The fourth-order valence-electron chi connectivity index (χ4n) is 5.00. The summed E-state index contributed by atoms with van der Waals surface area (Å²) in [6, 6.07) is 0.343. The maximum Gasteiger partial charge on any atom is 0.307 e. The van der Waals surface area contributed by atoms with Gasteiger partial charge in [-0.3, -0.25) is 4.79 Å². The van der Waals surface area contributed by atoms with Crippen LogP contribution in [-0.4, -0.2) is 58.0 Å². The Kier molecular flexibility index (Phi) is 5.50. The number of esters is 1. The highest BCUT2D eigenvalue weighted by Gasteiger charge is 2.52. The van der Waals surface area contributed by atoms with Crippen molar-refractivity contribution in [2.45, 2.75) is 82.5 Å². The second-order valence-corrected chi connectivity index (χ2v) is 8.36. The number of rotatable bonds is 5. The van der Waals surface area contributed by atoms with Gasteiger partial charge in [0.2, 0.25) is 0 Å². The van der Waals surface area contributed by atoms with Crippen molar-refractivity contribution >= 4 is 5.97 Å². The smallest absolute Gasteiger partial charge is 0.307 e. The minimum absolute atomic E-state index is 0.0211. The molecule has 0 aromatic carbocycles. The van der Waals surface area contributed by atoms with Gasteiger partial charge in [-0.25, -0.2) is 9.67 Å². The molecule has 0 radical (unpaired) electrons. The Morgan fingerprint density at radius 1 is 1.22 bits per heavy atom. The Morgan fingerprint density at radius 3 is 2.67 bits per heavy atom.